The summed E-state index contributed by atoms with van der Waals surface area (Å²) in [6.45, 7) is 1.68. The Hall–Kier alpha value is -2.91. The molecule has 1 atom stereocenters. The van der Waals surface area contributed by atoms with Gasteiger partial charge < -0.3 is 15.0 Å². The number of amides is 2. The van der Waals surface area contributed by atoms with E-state index in [-0.39, 0.29) is 35.8 Å². The molecule has 1 N–H and O–H groups in total. The van der Waals surface area contributed by atoms with Gasteiger partial charge in [-0.15, -0.1) is 0 Å². The van der Waals surface area contributed by atoms with Gasteiger partial charge in [0.05, 0.1) is 16.5 Å². The Labute approximate surface area is 187 Å². The van der Waals surface area contributed by atoms with Crippen LogP contribution in [0, 0.1) is 5.92 Å². The second kappa shape index (κ2) is 8.22. The molecule has 1 saturated heterocycles. The molecule has 5 rings (SSSR count). The van der Waals surface area contributed by atoms with E-state index >= 15 is 0 Å². The molecule has 168 valence electrons. The minimum absolute atomic E-state index is 0.0190. The first-order valence-corrected chi connectivity index (χ1v) is 12.3. The van der Waals surface area contributed by atoms with Crippen molar-refractivity contribution in [3.63, 3.8) is 0 Å². The van der Waals surface area contributed by atoms with Gasteiger partial charge in [0, 0.05) is 26.2 Å². The summed E-state index contributed by atoms with van der Waals surface area (Å²) in [6, 6.07) is 12.6. The maximum Gasteiger partial charge on any atom is 0.262 e. The van der Waals surface area contributed by atoms with Crippen LogP contribution < -0.4 is 10.1 Å². The van der Waals surface area contributed by atoms with E-state index in [4.69, 9.17) is 4.74 Å². The molecule has 3 aliphatic heterocycles. The van der Waals surface area contributed by atoms with Crippen molar-refractivity contribution < 1.29 is 22.7 Å². The first kappa shape index (κ1) is 21.0. The summed E-state index contributed by atoms with van der Waals surface area (Å²) in [7, 11) is -3.80. The number of carbonyl (C=O) groups excluding carboxylic acids is 2. The molecular formula is C23H25N3O5S. The third kappa shape index (κ3) is 3.86. The summed E-state index contributed by atoms with van der Waals surface area (Å²) in [6.07, 6.45) is 2.13. The number of rotatable bonds is 3. The van der Waals surface area contributed by atoms with Crippen LogP contribution in [0.1, 0.15) is 24.0 Å². The van der Waals surface area contributed by atoms with Crippen molar-refractivity contribution in [1.29, 1.82) is 0 Å². The van der Waals surface area contributed by atoms with Gasteiger partial charge in [-0.1, -0.05) is 24.3 Å². The topological polar surface area (TPSA) is 96.0 Å². The largest absolute Gasteiger partial charge is 0.482 e. The average Bonchev–Trinajstić information content (AvgIpc) is 2.82. The van der Waals surface area contributed by atoms with Crippen LogP contribution in [0.15, 0.2) is 47.4 Å². The summed E-state index contributed by atoms with van der Waals surface area (Å²) in [5, 5.41) is 2.65. The van der Waals surface area contributed by atoms with E-state index in [0.29, 0.717) is 43.9 Å². The molecule has 8 nitrogen and oxygen atoms in total. The van der Waals surface area contributed by atoms with Crippen molar-refractivity contribution >= 4 is 27.5 Å². The third-order valence-corrected chi connectivity index (χ3v) is 8.26. The maximum absolute atomic E-state index is 13.3. The Morgan fingerprint density at radius 3 is 2.75 bits per heavy atom. The third-order valence-electron chi connectivity index (χ3n) is 6.40. The number of fused-ring (bicyclic) bond motifs is 2. The van der Waals surface area contributed by atoms with E-state index in [9.17, 15) is 18.0 Å². The zero-order chi connectivity index (χ0) is 22.3. The Morgan fingerprint density at radius 1 is 1.09 bits per heavy atom. The van der Waals surface area contributed by atoms with E-state index in [1.165, 1.54) is 22.0 Å². The molecule has 0 unspecified atom stereocenters. The van der Waals surface area contributed by atoms with E-state index in [1.807, 2.05) is 23.1 Å². The summed E-state index contributed by atoms with van der Waals surface area (Å²) < 4.78 is 33.3. The molecule has 0 aromatic heterocycles. The van der Waals surface area contributed by atoms with E-state index in [0.717, 1.165) is 12.0 Å². The highest BCUT2D eigenvalue weighted by Crippen LogP contribution is 2.33. The molecule has 0 bridgehead atoms. The van der Waals surface area contributed by atoms with Gasteiger partial charge in [-0.25, -0.2) is 8.42 Å². The quantitative estimate of drug-likeness (QED) is 0.764. The average molecular weight is 456 g/mol. The van der Waals surface area contributed by atoms with E-state index < -0.39 is 10.0 Å². The summed E-state index contributed by atoms with van der Waals surface area (Å²) in [5.41, 5.74) is 2.78. The molecule has 32 heavy (non-hydrogen) atoms. The number of benzene rings is 2. The van der Waals surface area contributed by atoms with Gasteiger partial charge in [-0.05, 0) is 48.6 Å². The number of ether oxygens (including phenoxy) is 1. The zero-order valence-electron chi connectivity index (χ0n) is 17.6. The molecule has 0 aliphatic carbocycles. The van der Waals surface area contributed by atoms with Crippen LogP contribution in [0.25, 0.3) is 0 Å². The molecule has 1 fully saturated rings. The van der Waals surface area contributed by atoms with Gasteiger partial charge in [0.1, 0.15) is 5.75 Å². The fourth-order valence-electron chi connectivity index (χ4n) is 4.68. The van der Waals surface area contributed by atoms with Crippen LogP contribution in [0.5, 0.6) is 5.75 Å². The summed E-state index contributed by atoms with van der Waals surface area (Å²) in [5.74, 6) is -0.214. The smallest absolute Gasteiger partial charge is 0.262 e. The van der Waals surface area contributed by atoms with Gasteiger partial charge in [0.2, 0.25) is 15.9 Å². The monoisotopic (exact) mass is 455 g/mol. The standard InChI is InChI=1S/C23H25N3O5S/c27-22-15-31-21-8-7-19(12-20(21)24-22)32(29,30)26-10-3-6-18(14-26)23(28)25-11-9-16-4-1-2-5-17(16)13-25/h1-2,4-5,7-8,12,18H,3,6,9-11,13-15H2,(H,24,27)/t18-/m0/s1. The molecule has 3 aliphatic rings. The number of nitrogens with one attached hydrogen (secondary N) is 1. The maximum atomic E-state index is 13.3. The highest BCUT2D eigenvalue weighted by Gasteiger charge is 2.36. The molecule has 2 amide bonds. The molecule has 2 aromatic carbocycles. The minimum atomic E-state index is -3.80. The predicted octanol–water partition coefficient (Wildman–Crippen LogP) is 2.00. The number of hydrogen-bond donors (Lipinski definition) is 1. The minimum Gasteiger partial charge on any atom is -0.482 e. The van der Waals surface area contributed by atoms with Gasteiger partial charge in [0.15, 0.2) is 6.61 Å². The summed E-state index contributed by atoms with van der Waals surface area (Å²) >= 11 is 0. The first-order valence-electron chi connectivity index (χ1n) is 10.8. The lowest BCUT2D eigenvalue weighted by Crippen LogP contribution is -2.47. The number of sulfonamides is 1. The van der Waals surface area contributed by atoms with Gasteiger partial charge in [-0.2, -0.15) is 4.31 Å². The molecule has 9 heteroatoms. The fourth-order valence-corrected chi connectivity index (χ4v) is 6.23. The number of anilines is 1. The second-order valence-corrected chi connectivity index (χ2v) is 10.4. The van der Waals surface area contributed by atoms with Crippen molar-refractivity contribution in [1.82, 2.24) is 9.21 Å². The summed E-state index contributed by atoms with van der Waals surface area (Å²) in [4.78, 5) is 26.8. The van der Waals surface area contributed by atoms with Crippen LogP contribution >= 0.6 is 0 Å². The van der Waals surface area contributed by atoms with E-state index in [2.05, 4.69) is 11.4 Å². The van der Waals surface area contributed by atoms with Crippen LogP contribution in [-0.2, 0) is 32.6 Å². The second-order valence-electron chi connectivity index (χ2n) is 8.48. The van der Waals surface area contributed by atoms with Crippen molar-refractivity contribution in [3.8, 4) is 5.75 Å². The van der Waals surface area contributed by atoms with Crippen LogP contribution in [0.2, 0.25) is 0 Å². The number of carbonyl (C=O) groups is 2. The van der Waals surface area contributed by atoms with E-state index in [1.54, 1.807) is 6.07 Å². The number of nitrogens with zero attached hydrogens (tertiary/aromatic N) is 2. The van der Waals surface area contributed by atoms with Crippen LogP contribution in [-0.4, -0.2) is 55.7 Å². The van der Waals surface area contributed by atoms with Crippen LogP contribution in [0.3, 0.4) is 0 Å². The predicted molar refractivity (Wildman–Crippen MR) is 118 cm³/mol. The first-order chi connectivity index (χ1) is 15.4. The molecule has 2 aromatic rings. The molecule has 0 saturated carbocycles. The van der Waals surface area contributed by atoms with Gasteiger partial charge >= 0.3 is 0 Å². The highest BCUT2D eigenvalue weighted by molar-refractivity contribution is 7.89. The lowest BCUT2D eigenvalue weighted by Gasteiger charge is -2.36. The number of piperidine rings is 1. The molecular weight excluding hydrogens is 430 g/mol. The van der Waals surface area contributed by atoms with Gasteiger partial charge in [0.25, 0.3) is 5.91 Å². The Bertz CT molecular complexity index is 1180. The number of hydrogen-bond acceptors (Lipinski definition) is 5. The zero-order valence-corrected chi connectivity index (χ0v) is 18.4. The lowest BCUT2D eigenvalue weighted by atomic mass is 9.95. The van der Waals surface area contributed by atoms with Gasteiger partial charge in [-0.3, -0.25) is 9.59 Å². The molecule has 3 heterocycles. The Balaban J connectivity index is 1.32. The Morgan fingerprint density at radius 2 is 1.91 bits per heavy atom. The van der Waals surface area contributed by atoms with Crippen molar-refractivity contribution in [3.05, 3.63) is 53.6 Å². The highest BCUT2D eigenvalue weighted by atomic mass is 32.2. The fraction of sp³-hybridized carbons (Fsp3) is 0.391. The molecule has 0 spiro atoms. The Kier molecular flexibility index (Phi) is 5.38. The lowest BCUT2D eigenvalue weighted by molar-refractivity contribution is -0.137. The normalized spacial score (nSPS) is 21.2. The SMILES string of the molecule is O=C1COc2ccc(S(=O)(=O)N3CCC[C@H](C(=O)N4CCc5ccccc5C4)C3)cc2N1. The van der Waals surface area contributed by atoms with Crippen molar-refractivity contribution in [2.75, 3.05) is 31.6 Å². The molecule has 0 radical (unpaired) electrons. The van der Waals surface area contributed by atoms with Crippen LogP contribution in [0.4, 0.5) is 5.69 Å². The van der Waals surface area contributed by atoms with Crippen molar-refractivity contribution in [2.24, 2.45) is 5.92 Å². The van der Waals surface area contributed by atoms with Crippen molar-refractivity contribution in [2.45, 2.75) is 30.7 Å².